The summed E-state index contributed by atoms with van der Waals surface area (Å²) in [5, 5.41) is 18.0. The van der Waals surface area contributed by atoms with E-state index in [9.17, 15) is 29.1 Å². The van der Waals surface area contributed by atoms with Crippen LogP contribution in [-0.4, -0.2) is 97.8 Å². The molecule has 0 saturated carbocycles. The number of oxime groups is 1. The molecule has 0 radical (unpaired) electrons. The Morgan fingerprint density at radius 1 is 1.42 bits per heavy atom. The SMILES string of the molecule is CON=C(C(=O)NC1C(=O)N2C(C(=O)O)=C(CSc3nc(=O)c(=O)[nH]n3C)CSC12)c1c[se]c(N)n1. The third kappa shape index (κ3) is 4.84. The Balaban J connectivity index is 1.51. The molecule has 36 heavy (non-hydrogen) atoms. The van der Waals surface area contributed by atoms with Gasteiger partial charge in [0, 0.05) is 7.05 Å². The summed E-state index contributed by atoms with van der Waals surface area (Å²) in [5.74, 6) is -2.25. The summed E-state index contributed by atoms with van der Waals surface area (Å²) in [6, 6.07) is -0.983. The number of nitrogens with two attached hydrogens (primary N) is 1. The third-order valence-electron chi connectivity index (χ3n) is 5.02. The first-order valence-corrected chi connectivity index (χ1v) is 13.8. The summed E-state index contributed by atoms with van der Waals surface area (Å²) < 4.78 is 1.62. The van der Waals surface area contributed by atoms with Gasteiger partial charge in [-0.2, -0.15) is 4.98 Å². The Hall–Kier alpha value is -3.34. The summed E-state index contributed by atoms with van der Waals surface area (Å²) in [6.45, 7) is 0. The maximum absolute atomic E-state index is 12.9. The molecule has 2 aromatic rings. The molecule has 4 heterocycles. The number of thioether (sulfide) groups is 2. The van der Waals surface area contributed by atoms with Crippen LogP contribution in [0.25, 0.3) is 0 Å². The van der Waals surface area contributed by atoms with Gasteiger partial charge in [0.25, 0.3) is 0 Å². The first-order chi connectivity index (χ1) is 17.1. The van der Waals surface area contributed by atoms with Gasteiger partial charge in [0.05, 0.1) is 0 Å². The molecule has 2 aliphatic rings. The summed E-state index contributed by atoms with van der Waals surface area (Å²) in [5.41, 5.74) is 4.18. The fourth-order valence-corrected chi connectivity index (χ4v) is 6.99. The fraction of sp³-hybridized carbons (Fsp3) is 0.333. The van der Waals surface area contributed by atoms with Crippen molar-refractivity contribution in [3.63, 3.8) is 0 Å². The first-order valence-electron chi connectivity index (χ1n) is 9.96. The molecule has 190 valence electrons. The average molecular weight is 601 g/mol. The quantitative estimate of drug-likeness (QED) is 0.0611. The van der Waals surface area contributed by atoms with Crippen molar-refractivity contribution in [3.05, 3.63) is 42.6 Å². The van der Waals surface area contributed by atoms with Gasteiger partial charge in [0.2, 0.25) is 0 Å². The molecule has 0 aliphatic carbocycles. The van der Waals surface area contributed by atoms with Crippen molar-refractivity contribution < 1.29 is 24.3 Å². The number of aromatic amines is 1. The number of amides is 2. The van der Waals surface area contributed by atoms with E-state index in [1.165, 1.54) is 30.6 Å². The predicted molar refractivity (Wildman–Crippen MR) is 130 cm³/mol. The predicted octanol–water partition coefficient (Wildman–Crippen LogP) is -2.62. The summed E-state index contributed by atoms with van der Waals surface area (Å²) in [7, 11) is 2.75. The topological polar surface area (TPSA) is 215 Å². The van der Waals surface area contributed by atoms with Gasteiger partial charge < -0.3 is 0 Å². The van der Waals surface area contributed by atoms with Gasteiger partial charge in [-0.25, -0.2) is 0 Å². The number of carbonyl (C=O) groups is 3. The number of carboxylic acids is 1. The Labute approximate surface area is 215 Å². The van der Waals surface area contributed by atoms with E-state index in [0.29, 0.717) is 10.3 Å². The Morgan fingerprint density at radius 2 is 2.17 bits per heavy atom. The third-order valence-corrected chi connectivity index (χ3v) is 8.89. The number of carboxylic acid groups (broad SMARTS) is 1. The zero-order valence-corrected chi connectivity index (χ0v) is 21.9. The second kappa shape index (κ2) is 10.3. The zero-order valence-electron chi connectivity index (χ0n) is 18.6. The molecule has 2 unspecified atom stereocenters. The molecular formula is C18H18N8O7S2Se. The van der Waals surface area contributed by atoms with Gasteiger partial charge in [-0.3, -0.25) is 19.4 Å². The van der Waals surface area contributed by atoms with Crippen LogP contribution in [0.2, 0.25) is 0 Å². The number of carbonyl (C=O) groups excluding carboxylic acids is 2. The van der Waals surface area contributed by atoms with Crippen molar-refractivity contribution in [1.82, 2.24) is 30.0 Å². The summed E-state index contributed by atoms with van der Waals surface area (Å²) >= 11 is 2.10. The molecule has 18 heteroatoms. The fourth-order valence-electron chi connectivity index (χ4n) is 3.44. The molecule has 1 saturated heterocycles. The van der Waals surface area contributed by atoms with E-state index in [2.05, 4.69) is 25.5 Å². The van der Waals surface area contributed by atoms with E-state index in [-0.39, 0.29) is 48.3 Å². The Morgan fingerprint density at radius 3 is 2.81 bits per heavy atom. The molecule has 15 nitrogen and oxygen atoms in total. The number of hydrogen-bond acceptors (Lipinski definition) is 12. The molecule has 2 amide bonds. The number of fused-ring (bicyclic) bond motifs is 1. The normalized spacial score (nSPS) is 19.6. The molecule has 0 bridgehead atoms. The standard InChI is InChI=1S/C18H18N8O7S2Se/c1-25-18(22-12(28)13(29)23-25)35-4-6-3-34-15-9(14(30)26(15)10(6)16(31)32)21-11(27)8(24-33-2)7-5-36-17(19)20-7/h5,9,15H,3-4H2,1-2H3,(H2,19,20)(H,21,27)(H,23,29)(H,31,32). The van der Waals surface area contributed by atoms with Gasteiger partial charge in [0.15, 0.2) is 5.16 Å². The van der Waals surface area contributed by atoms with Crippen LogP contribution in [0.5, 0.6) is 0 Å². The van der Waals surface area contributed by atoms with Crippen LogP contribution in [0.15, 0.2) is 36.1 Å². The average Bonchev–Trinajstić information content (AvgIpc) is 3.27. The molecule has 0 spiro atoms. The summed E-state index contributed by atoms with van der Waals surface area (Å²) in [4.78, 5) is 76.0. The van der Waals surface area contributed by atoms with Crippen LogP contribution in [0.3, 0.4) is 0 Å². The van der Waals surface area contributed by atoms with Crippen molar-refractivity contribution in [2.24, 2.45) is 12.2 Å². The molecule has 1 fully saturated rings. The number of hydrogen-bond donors (Lipinski definition) is 4. The molecule has 4 rings (SSSR count). The molecule has 2 aliphatic heterocycles. The Kier molecular flexibility index (Phi) is 7.39. The van der Waals surface area contributed by atoms with Crippen molar-refractivity contribution in [2.75, 3.05) is 24.3 Å². The van der Waals surface area contributed by atoms with Crippen LogP contribution in [-0.2, 0) is 26.3 Å². The number of β-lactam (4-membered cyclic amide) rings is 1. The van der Waals surface area contributed by atoms with Crippen LogP contribution < -0.4 is 22.2 Å². The van der Waals surface area contributed by atoms with Crippen molar-refractivity contribution in [1.29, 1.82) is 0 Å². The van der Waals surface area contributed by atoms with E-state index in [0.717, 1.165) is 16.7 Å². The maximum atomic E-state index is 12.9. The van der Waals surface area contributed by atoms with Gasteiger partial charge in [-0.15, -0.1) is 0 Å². The zero-order chi connectivity index (χ0) is 26.1. The molecule has 5 N–H and O–H groups in total. The van der Waals surface area contributed by atoms with Gasteiger partial charge in [-0.1, -0.05) is 0 Å². The molecule has 2 aromatic heterocycles. The van der Waals surface area contributed by atoms with Crippen LogP contribution >= 0.6 is 23.5 Å². The van der Waals surface area contributed by atoms with Crippen LogP contribution in [0, 0.1) is 0 Å². The number of nitrogens with zero attached hydrogens (tertiary/aromatic N) is 5. The number of rotatable bonds is 8. The molecule has 2 atom stereocenters. The van der Waals surface area contributed by atoms with E-state index < -0.39 is 40.3 Å². The number of aromatic nitrogens is 4. The van der Waals surface area contributed by atoms with Crippen LogP contribution in [0.1, 0.15) is 5.69 Å². The molecule has 0 aromatic carbocycles. The van der Waals surface area contributed by atoms with E-state index in [1.54, 1.807) is 4.94 Å². The van der Waals surface area contributed by atoms with Gasteiger partial charge >= 0.3 is 180 Å². The summed E-state index contributed by atoms with van der Waals surface area (Å²) in [6.07, 6.45) is 0. The number of aliphatic carboxylic acids is 1. The second-order valence-corrected chi connectivity index (χ2v) is 11.2. The van der Waals surface area contributed by atoms with Crippen molar-refractivity contribution in [2.45, 2.75) is 16.6 Å². The minimum absolute atomic E-state index is 0.106. The van der Waals surface area contributed by atoms with E-state index in [4.69, 9.17) is 10.6 Å². The van der Waals surface area contributed by atoms with E-state index >= 15 is 0 Å². The molecular weight excluding hydrogens is 583 g/mol. The number of nitrogens with one attached hydrogen (secondary N) is 2. The van der Waals surface area contributed by atoms with Crippen LogP contribution in [0.4, 0.5) is 4.69 Å². The monoisotopic (exact) mass is 602 g/mol. The van der Waals surface area contributed by atoms with E-state index in [1.807, 2.05) is 0 Å². The minimum atomic E-state index is -1.30. The number of nitrogen functional groups attached to an aromatic ring is 1. The number of anilines is 1. The Bertz CT molecular complexity index is 1430. The van der Waals surface area contributed by atoms with Crippen molar-refractivity contribution in [3.8, 4) is 0 Å². The first kappa shape index (κ1) is 25.7. The second-order valence-electron chi connectivity index (χ2n) is 7.30. The van der Waals surface area contributed by atoms with Gasteiger partial charge in [0.1, 0.15) is 0 Å². The van der Waals surface area contributed by atoms with Gasteiger partial charge in [-0.05, 0) is 0 Å². The number of H-pyrrole nitrogens is 1. The number of aryl methyl sites for hydroxylation is 1. The van der Waals surface area contributed by atoms with Crippen molar-refractivity contribution >= 4 is 66.2 Å².